The lowest BCUT2D eigenvalue weighted by atomic mass is 9.90. The summed E-state index contributed by atoms with van der Waals surface area (Å²) in [6, 6.07) is 9.73. The van der Waals surface area contributed by atoms with Gasteiger partial charge in [0, 0.05) is 87.4 Å². The molecule has 0 N–H and O–H groups in total. The van der Waals surface area contributed by atoms with Gasteiger partial charge in [-0.25, -0.2) is 0 Å². The number of rotatable bonds is 7. The molecule has 8 nitrogen and oxygen atoms in total. The van der Waals surface area contributed by atoms with Gasteiger partial charge in [-0.2, -0.15) is 5.10 Å². The van der Waals surface area contributed by atoms with Crippen LogP contribution in [0.1, 0.15) is 25.0 Å². The van der Waals surface area contributed by atoms with Gasteiger partial charge in [-0.15, -0.1) is 0 Å². The Morgan fingerprint density at radius 3 is 2.59 bits per heavy atom. The topological polar surface area (TPSA) is 70.9 Å². The Kier molecular flexibility index (Phi) is 8.26. The Bertz CT molecular complexity index is 988. The van der Waals surface area contributed by atoms with Gasteiger partial charge in [-0.3, -0.25) is 14.3 Å². The van der Waals surface area contributed by atoms with Crippen LogP contribution in [-0.2, 0) is 16.1 Å². The normalized spacial score (nSPS) is 21.5. The second kappa shape index (κ2) is 11.4. The molecule has 0 bridgehead atoms. The summed E-state index contributed by atoms with van der Waals surface area (Å²) in [4.78, 5) is 32.3. The van der Waals surface area contributed by atoms with Gasteiger partial charge < -0.3 is 19.4 Å². The minimum atomic E-state index is -0.108. The molecule has 184 valence electrons. The molecule has 2 fully saturated rings. The minimum Gasteiger partial charge on any atom is -0.490 e. The molecule has 2 atom stereocenters. The van der Waals surface area contributed by atoms with Gasteiger partial charge in [-0.1, -0.05) is 22.0 Å². The number of benzene rings is 1. The summed E-state index contributed by atoms with van der Waals surface area (Å²) in [6.45, 7) is 7.02. The van der Waals surface area contributed by atoms with Crippen LogP contribution in [-0.4, -0.2) is 88.7 Å². The highest BCUT2D eigenvalue weighted by Crippen LogP contribution is 2.28. The van der Waals surface area contributed by atoms with Crippen molar-refractivity contribution in [2.75, 3.05) is 46.3 Å². The molecule has 0 radical (unpaired) electrons. The van der Waals surface area contributed by atoms with E-state index in [2.05, 4.69) is 33.0 Å². The highest BCUT2D eigenvalue weighted by molar-refractivity contribution is 9.10. The summed E-state index contributed by atoms with van der Waals surface area (Å²) in [5, 5.41) is 4.28. The molecule has 0 unspecified atom stereocenters. The first-order chi connectivity index (χ1) is 16.4. The fourth-order valence-corrected chi connectivity index (χ4v) is 5.08. The second-order valence-electron chi connectivity index (χ2n) is 9.34. The van der Waals surface area contributed by atoms with E-state index in [1.807, 2.05) is 51.7 Å². The maximum absolute atomic E-state index is 13.1. The molecule has 2 saturated heterocycles. The molecule has 4 rings (SSSR count). The molecule has 3 heterocycles. The number of hydrogen-bond acceptors (Lipinski definition) is 5. The quantitative estimate of drug-likeness (QED) is 0.549. The maximum atomic E-state index is 13.1. The number of carbonyl (C=O) groups excluding carboxylic acids is 2. The molecule has 1 aromatic heterocycles. The third-order valence-electron chi connectivity index (χ3n) is 6.86. The van der Waals surface area contributed by atoms with E-state index in [1.165, 1.54) is 0 Å². The molecule has 9 heteroatoms. The molecule has 2 amide bonds. The van der Waals surface area contributed by atoms with Crippen LogP contribution in [0.15, 0.2) is 41.0 Å². The highest BCUT2D eigenvalue weighted by atomic mass is 79.9. The second-order valence-corrected chi connectivity index (χ2v) is 10.3. The average molecular weight is 532 g/mol. The van der Waals surface area contributed by atoms with Gasteiger partial charge in [0.05, 0.1) is 0 Å². The molecule has 2 aliphatic rings. The van der Waals surface area contributed by atoms with Crippen LogP contribution in [0.5, 0.6) is 5.75 Å². The summed E-state index contributed by atoms with van der Waals surface area (Å²) < 4.78 is 9.17. The van der Waals surface area contributed by atoms with E-state index in [1.54, 1.807) is 6.20 Å². The number of amides is 2. The zero-order valence-electron chi connectivity index (χ0n) is 20.0. The van der Waals surface area contributed by atoms with Crippen molar-refractivity contribution in [2.24, 2.45) is 5.92 Å². The summed E-state index contributed by atoms with van der Waals surface area (Å²) >= 11 is 3.50. The number of carbonyl (C=O) groups is 2. The number of nitrogens with zero attached hydrogens (tertiary/aromatic N) is 5. The molecule has 2 aromatic rings. The van der Waals surface area contributed by atoms with E-state index in [0.29, 0.717) is 38.9 Å². The molecular formula is C25H34BrN5O3. The molecular weight excluding hydrogens is 498 g/mol. The number of aromatic nitrogens is 2. The molecule has 34 heavy (non-hydrogen) atoms. The SMILES string of the molecule is Cc1ccnn1CCC(=O)N1CC[C@H](Oc2cccc(Br)c2)[C@@H](CC(=O)N2CCN(C)CC2)C1. The van der Waals surface area contributed by atoms with Gasteiger partial charge in [0.25, 0.3) is 0 Å². The van der Waals surface area contributed by atoms with Crippen LogP contribution in [0.4, 0.5) is 0 Å². The molecule has 0 aliphatic carbocycles. The van der Waals surface area contributed by atoms with E-state index in [9.17, 15) is 9.59 Å². The first-order valence-electron chi connectivity index (χ1n) is 12.0. The Balaban J connectivity index is 1.41. The van der Waals surface area contributed by atoms with Crippen molar-refractivity contribution >= 4 is 27.7 Å². The number of likely N-dealkylation sites (tertiary alicyclic amines) is 1. The molecule has 0 saturated carbocycles. The zero-order valence-corrected chi connectivity index (χ0v) is 21.6. The Morgan fingerprint density at radius 1 is 1.09 bits per heavy atom. The van der Waals surface area contributed by atoms with Crippen LogP contribution in [0.3, 0.4) is 0 Å². The van der Waals surface area contributed by atoms with Gasteiger partial charge in [0.2, 0.25) is 11.8 Å². The third kappa shape index (κ3) is 6.39. The number of piperazine rings is 1. The first-order valence-corrected chi connectivity index (χ1v) is 12.8. The largest absolute Gasteiger partial charge is 0.490 e. The maximum Gasteiger partial charge on any atom is 0.224 e. The predicted octanol–water partition coefficient (Wildman–Crippen LogP) is 2.80. The van der Waals surface area contributed by atoms with Crippen LogP contribution in [0.25, 0.3) is 0 Å². The van der Waals surface area contributed by atoms with Crippen LogP contribution in [0.2, 0.25) is 0 Å². The monoisotopic (exact) mass is 531 g/mol. The van der Waals surface area contributed by atoms with Crippen LogP contribution < -0.4 is 4.74 Å². The lowest BCUT2D eigenvalue weighted by molar-refractivity contribution is -0.140. The lowest BCUT2D eigenvalue weighted by Gasteiger charge is -2.40. The van der Waals surface area contributed by atoms with Gasteiger partial charge in [0.1, 0.15) is 11.9 Å². The smallest absolute Gasteiger partial charge is 0.224 e. The van der Waals surface area contributed by atoms with Crippen molar-refractivity contribution in [3.63, 3.8) is 0 Å². The van der Waals surface area contributed by atoms with Gasteiger partial charge in [0.15, 0.2) is 0 Å². The van der Waals surface area contributed by atoms with Crippen molar-refractivity contribution < 1.29 is 14.3 Å². The van der Waals surface area contributed by atoms with E-state index >= 15 is 0 Å². The van der Waals surface area contributed by atoms with Gasteiger partial charge in [-0.05, 0) is 38.2 Å². The minimum absolute atomic E-state index is 0.0460. The van der Waals surface area contributed by atoms with E-state index < -0.39 is 0 Å². The fourth-order valence-electron chi connectivity index (χ4n) is 4.71. The van der Waals surface area contributed by atoms with Gasteiger partial charge >= 0.3 is 0 Å². The molecule has 1 aromatic carbocycles. The predicted molar refractivity (Wildman–Crippen MR) is 134 cm³/mol. The summed E-state index contributed by atoms with van der Waals surface area (Å²) in [5.41, 5.74) is 1.05. The molecule has 0 spiro atoms. The number of hydrogen-bond donors (Lipinski definition) is 0. The van der Waals surface area contributed by atoms with Crippen LogP contribution in [0, 0.1) is 12.8 Å². The Labute approximate surface area is 210 Å². The lowest BCUT2D eigenvalue weighted by Crippen LogP contribution is -2.51. The van der Waals surface area contributed by atoms with Crippen molar-refractivity contribution in [2.45, 2.75) is 38.8 Å². The van der Waals surface area contributed by atoms with E-state index in [-0.39, 0.29) is 23.8 Å². The Morgan fingerprint density at radius 2 is 1.88 bits per heavy atom. The van der Waals surface area contributed by atoms with Crippen LogP contribution >= 0.6 is 15.9 Å². The summed E-state index contributed by atoms with van der Waals surface area (Å²) in [6.07, 6.45) is 3.15. The number of halogens is 1. The van der Waals surface area contributed by atoms with E-state index in [0.717, 1.165) is 42.1 Å². The fraction of sp³-hybridized carbons (Fsp3) is 0.560. The van der Waals surface area contributed by atoms with Crippen molar-refractivity contribution in [1.29, 1.82) is 0 Å². The van der Waals surface area contributed by atoms with Crippen molar-refractivity contribution in [3.05, 3.63) is 46.7 Å². The highest BCUT2D eigenvalue weighted by Gasteiger charge is 2.35. The summed E-state index contributed by atoms with van der Waals surface area (Å²) in [7, 11) is 2.08. The van der Waals surface area contributed by atoms with Crippen molar-refractivity contribution in [3.8, 4) is 5.75 Å². The zero-order chi connectivity index (χ0) is 24.1. The first kappa shape index (κ1) is 24.7. The standard InChI is InChI=1S/C25H34BrN5O3/c1-19-6-9-27-31(19)11-8-24(32)30-10-7-23(34-22-5-3-4-21(26)17-22)20(18-30)16-25(33)29-14-12-28(2)13-15-29/h3-6,9,17,20,23H,7-8,10-16,18H2,1-2H3/t20-,23-/m0/s1. The third-order valence-corrected chi connectivity index (χ3v) is 7.35. The number of piperidine rings is 1. The Hall–Kier alpha value is -2.39. The average Bonchev–Trinajstić information content (AvgIpc) is 3.23. The summed E-state index contributed by atoms with van der Waals surface area (Å²) in [5.74, 6) is 0.996. The molecule has 2 aliphatic heterocycles. The number of ether oxygens (including phenoxy) is 1. The number of likely N-dealkylation sites (N-methyl/N-ethyl adjacent to an activating group) is 1. The van der Waals surface area contributed by atoms with Crippen molar-refractivity contribution in [1.82, 2.24) is 24.5 Å². The van der Waals surface area contributed by atoms with E-state index in [4.69, 9.17) is 4.74 Å². The number of aryl methyl sites for hydroxylation is 2.